The number of hydrogen-bond acceptors (Lipinski definition) is 1. The molecule has 0 unspecified atom stereocenters. The molecule has 3 aromatic heterocycles. The highest BCUT2D eigenvalue weighted by Crippen LogP contribution is 2.44. The highest BCUT2D eigenvalue weighted by Gasteiger charge is 2.42. The van der Waals surface area contributed by atoms with Crippen molar-refractivity contribution in [2.24, 2.45) is 0 Å². The van der Waals surface area contributed by atoms with Crippen molar-refractivity contribution in [2.75, 3.05) is 0 Å². The number of benzene rings is 11. The Hall–Kier alpha value is -8.54. The van der Waals surface area contributed by atoms with Gasteiger partial charge in [0, 0.05) is 53.0 Å². The Balaban J connectivity index is 0.992. The molecule has 0 aliphatic carbocycles. The van der Waals surface area contributed by atoms with E-state index in [1.165, 1.54) is 112 Å². The highest BCUT2D eigenvalue weighted by molar-refractivity contribution is 7.26. The molecule has 0 aliphatic heterocycles. The van der Waals surface area contributed by atoms with Crippen molar-refractivity contribution < 1.29 is 0 Å². The molecule has 0 atom stereocenters. The molecule has 70 heavy (non-hydrogen) atoms. The van der Waals surface area contributed by atoms with Crippen molar-refractivity contribution in [3.8, 4) is 33.6 Å². The third-order valence-corrected chi connectivity index (χ3v) is 20.5. The Labute approximate surface area is 411 Å². The fraction of sp³-hybridized carbons (Fsp3) is 0. The van der Waals surface area contributed by atoms with Crippen LogP contribution in [-0.2, 0) is 0 Å². The predicted molar refractivity (Wildman–Crippen MR) is 302 cm³/mol. The zero-order chi connectivity index (χ0) is 46.2. The molecule has 2 nitrogen and oxygen atoms in total. The lowest BCUT2D eigenvalue weighted by atomic mass is 9.99. The quantitative estimate of drug-likeness (QED) is 0.106. The van der Waals surface area contributed by atoms with Crippen LogP contribution in [0.2, 0.25) is 0 Å². The molecule has 3 heterocycles. The summed E-state index contributed by atoms with van der Waals surface area (Å²) in [6, 6.07) is 99.6. The van der Waals surface area contributed by atoms with E-state index in [0.717, 1.165) is 5.69 Å². The molecular weight excluding hydrogens is 881 g/mol. The maximum absolute atomic E-state index is 2.91. The number of nitrogens with zero attached hydrogens (tertiary/aromatic N) is 2. The van der Waals surface area contributed by atoms with Crippen LogP contribution in [0.25, 0.3) is 97.4 Å². The second-order valence-corrected chi connectivity index (χ2v) is 23.3. The van der Waals surface area contributed by atoms with Crippen molar-refractivity contribution in [2.45, 2.75) is 0 Å². The average Bonchev–Trinajstić information content (AvgIpc) is 4.10. The Kier molecular flexibility index (Phi) is 9.44. The minimum Gasteiger partial charge on any atom is -0.309 e. The van der Waals surface area contributed by atoms with E-state index in [-0.39, 0.29) is 0 Å². The lowest BCUT2D eigenvalue weighted by molar-refractivity contribution is 1.18. The van der Waals surface area contributed by atoms with E-state index in [0.29, 0.717) is 0 Å². The summed E-state index contributed by atoms with van der Waals surface area (Å²) >= 11 is 1.87. The lowest BCUT2D eigenvalue weighted by Crippen LogP contribution is -2.74. The van der Waals surface area contributed by atoms with Crippen LogP contribution in [-0.4, -0.2) is 17.2 Å². The Morgan fingerprint density at radius 2 is 0.829 bits per heavy atom. The van der Waals surface area contributed by atoms with Crippen molar-refractivity contribution in [3.63, 3.8) is 0 Å². The van der Waals surface area contributed by atoms with Gasteiger partial charge in [0.1, 0.15) is 0 Å². The van der Waals surface area contributed by atoms with Crippen LogP contribution in [0.1, 0.15) is 0 Å². The van der Waals surface area contributed by atoms with Gasteiger partial charge in [-0.05, 0) is 92.0 Å². The fourth-order valence-corrected chi connectivity index (χ4v) is 17.6. The van der Waals surface area contributed by atoms with E-state index in [9.17, 15) is 0 Å². The minimum absolute atomic E-state index is 1.15. The average molecular weight is 925 g/mol. The zero-order valence-electron chi connectivity index (χ0n) is 38.2. The first-order valence-electron chi connectivity index (χ1n) is 24.1. The summed E-state index contributed by atoms with van der Waals surface area (Å²) in [4.78, 5) is 0. The van der Waals surface area contributed by atoms with Crippen LogP contribution >= 0.6 is 11.3 Å². The van der Waals surface area contributed by atoms with Gasteiger partial charge in [-0.25, -0.2) is 0 Å². The molecule has 11 aromatic carbocycles. The molecule has 328 valence electrons. The van der Waals surface area contributed by atoms with Crippen molar-refractivity contribution in [1.82, 2.24) is 9.13 Å². The van der Waals surface area contributed by atoms with Gasteiger partial charge in [0.15, 0.2) is 8.07 Å². The molecule has 0 radical (unpaired) electrons. The zero-order valence-corrected chi connectivity index (χ0v) is 40.0. The maximum Gasteiger partial charge on any atom is 0.179 e. The van der Waals surface area contributed by atoms with Crippen molar-refractivity contribution in [1.29, 1.82) is 0 Å². The Morgan fingerprint density at radius 1 is 0.300 bits per heavy atom. The summed E-state index contributed by atoms with van der Waals surface area (Å²) in [5, 5.41) is 13.0. The third-order valence-electron chi connectivity index (χ3n) is 14.7. The van der Waals surface area contributed by atoms with Crippen LogP contribution in [0.15, 0.2) is 267 Å². The van der Waals surface area contributed by atoms with E-state index >= 15 is 0 Å². The second-order valence-electron chi connectivity index (χ2n) is 18.4. The van der Waals surface area contributed by atoms with Gasteiger partial charge >= 0.3 is 0 Å². The summed E-state index contributed by atoms with van der Waals surface area (Å²) in [7, 11) is -2.91. The van der Waals surface area contributed by atoms with Gasteiger partial charge < -0.3 is 9.13 Å². The largest absolute Gasteiger partial charge is 0.309 e. The van der Waals surface area contributed by atoms with E-state index in [1.807, 2.05) is 11.3 Å². The van der Waals surface area contributed by atoms with Gasteiger partial charge in [-0.3, -0.25) is 0 Å². The molecule has 14 aromatic rings. The molecule has 0 spiro atoms. The van der Waals surface area contributed by atoms with Crippen LogP contribution in [0.3, 0.4) is 0 Å². The number of thiophene rings is 1. The van der Waals surface area contributed by atoms with Gasteiger partial charge in [-0.1, -0.05) is 212 Å². The highest BCUT2D eigenvalue weighted by atomic mass is 32.1. The van der Waals surface area contributed by atoms with Gasteiger partial charge in [-0.15, -0.1) is 11.3 Å². The van der Waals surface area contributed by atoms with Crippen LogP contribution in [0.5, 0.6) is 0 Å². The van der Waals surface area contributed by atoms with Crippen molar-refractivity contribution in [3.05, 3.63) is 267 Å². The first kappa shape index (κ1) is 40.5. The van der Waals surface area contributed by atoms with Crippen LogP contribution < -0.4 is 20.7 Å². The number of para-hydroxylation sites is 3. The first-order chi connectivity index (χ1) is 34.7. The van der Waals surface area contributed by atoms with E-state index in [2.05, 4.69) is 276 Å². The summed E-state index contributed by atoms with van der Waals surface area (Å²) in [6.07, 6.45) is 0. The summed E-state index contributed by atoms with van der Waals surface area (Å²) < 4.78 is 7.64. The van der Waals surface area contributed by atoms with Gasteiger partial charge in [0.05, 0.1) is 27.8 Å². The molecule has 0 fully saturated rings. The van der Waals surface area contributed by atoms with Crippen LogP contribution in [0, 0.1) is 0 Å². The number of fused-ring (bicyclic) bond motifs is 9. The SMILES string of the molecule is c1ccc(-c2cccc([Si](c3ccccc3)(c3ccccc3)c3cccc(-n4c5ccccc5c5cc(-c6cccc7c8ccccc8n(-c8cccc9sc%10ccccc%10c89)c67)ccc54)c3)c2)cc1. The first-order valence-corrected chi connectivity index (χ1v) is 26.9. The Bertz CT molecular complexity index is 4260. The monoisotopic (exact) mass is 924 g/mol. The molecule has 14 rings (SSSR count). The fourth-order valence-electron chi connectivity index (χ4n) is 11.7. The topological polar surface area (TPSA) is 9.86 Å². The molecule has 4 heteroatoms. The minimum atomic E-state index is -2.91. The number of hydrogen-bond donors (Lipinski definition) is 0. The molecule has 0 saturated heterocycles. The normalized spacial score (nSPS) is 12.0. The van der Waals surface area contributed by atoms with E-state index in [4.69, 9.17) is 0 Å². The molecule has 0 N–H and O–H groups in total. The third kappa shape index (κ3) is 6.17. The Morgan fingerprint density at radius 3 is 1.59 bits per heavy atom. The standard InChI is InChI=1S/C66H44N2SSi/c1-4-20-45(21-5-1)46-22-16-28-51(42-46)70(49-24-6-2-7-25-49,50-26-8-3-9-27-50)52-29-17-23-48(44-52)67-59-35-13-11-31-55(59)58-43-47(40-41-61(58)67)53-33-18-34-56-54-30-10-14-36-60(54)68(66(53)56)62-37-19-39-64-65(62)57-32-12-15-38-63(57)69-64/h1-44H. The summed E-state index contributed by atoms with van der Waals surface area (Å²) in [5.41, 5.74) is 12.0. The predicted octanol–water partition coefficient (Wildman–Crippen LogP) is 15.0. The molecule has 0 aliphatic rings. The van der Waals surface area contributed by atoms with Crippen molar-refractivity contribution >= 4 is 104 Å². The number of rotatable bonds is 8. The molecular formula is C66H44N2SSi. The summed E-state index contributed by atoms with van der Waals surface area (Å²) in [6.45, 7) is 0. The second kappa shape index (κ2) is 16.3. The smallest absolute Gasteiger partial charge is 0.179 e. The van der Waals surface area contributed by atoms with Gasteiger partial charge in [0.2, 0.25) is 0 Å². The molecule has 0 saturated carbocycles. The summed E-state index contributed by atoms with van der Waals surface area (Å²) in [5.74, 6) is 0. The molecule has 0 amide bonds. The lowest BCUT2D eigenvalue weighted by Gasteiger charge is -2.35. The van der Waals surface area contributed by atoms with Gasteiger partial charge in [-0.2, -0.15) is 0 Å². The van der Waals surface area contributed by atoms with E-state index in [1.54, 1.807) is 0 Å². The number of aromatic nitrogens is 2. The van der Waals surface area contributed by atoms with E-state index < -0.39 is 8.07 Å². The molecule has 0 bridgehead atoms. The maximum atomic E-state index is 2.53. The van der Waals surface area contributed by atoms with Crippen LogP contribution in [0.4, 0.5) is 0 Å². The van der Waals surface area contributed by atoms with Gasteiger partial charge in [0.25, 0.3) is 0 Å².